The molecule has 8 nitrogen and oxygen atoms in total. The molecule has 0 saturated heterocycles. The molecular weight excluding hydrogens is 422 g/mol. The van der Waals surface area contributed by atoms with Gasteiger partial charge in [0.1, 0.15) is 0 Å². The van der Waals surface area contributed by atoms with Crippen LogP contribution in [-0.4, -0.2) is 31.3 Å². The molecule has 1 amide bonds. The van der Waals surface area contributed by atoms with Gasteiger partial charge in [0.25, 0.3) is 5.69 Å². The Bertz CT molecular complexity index is 1090. The van der Waals surface area contributed by atoms with Crippen molar-refractivity contribution >= 4 is 40.4 Å². The highest BCUT2D eigenvalue weighted by atomic mass is 32.2. The first-order chi connectivity index (χ1) is 14.6. The number of hydrogen-bond acceptors (Lipinski definition) is 7. The Kier molecular flexibility index (Phi) is 6.14. The number of thiophene rings is 1. The van der Waals surface area contributed by atoms with Gasteiger partial charge in [-0.25, -0.2) is 0 Å². The maximum atomic E-state index is 12.3. The molecule has 4 rings (SSSR count). The fraction of sp³-hybridized carbons (Fsp3) is 0.350. The summed E-state index contributed by atoms with van der Waals surface area (Å²) in [5.41, 5.74) is 2.90. The SMILES string of the molecule is CCn1c(SCC(=O)Nc2cccc([N+](=O)[O-])c2)nnc1-c1csc2c1CCCC2. The molecule has 10 heteroatoms. The lowest BCUT2D eigenvalue weighted by molar-refractivity contribution is -0.384. The highest BCUT2D eigenvalue weighted by Crippen LogP contribution is 2.36. The summed E-state index contributed by atoms with van der Waals surface area (Å²) in [6.07, 6.45) is 4.67. The zero-order chi connectivity index (χ0) is 21.1. The van der Waals surface area contributed by atoms with Gasteiger partial charge in [0.15, 0.2) is 11.0 Å². The van der Waals surface area contributed by atoms with E-state index >= 15 is 0 Å². The molecule has 1 aliphatic carbocycles. The second-order valence-electron chi connectivity index (χ2n) is 6.95. The first-order valence-corrected chi connectivity index (χ1v) is 11.6. The Morgan fingerprint density at radius 1 is 1.33 bits per heavy atom. The maximum Gasteiger partial charge on any atom is 0.271 e. The third-order valence-electron chi connectivity index (χ3n) is 5.01. The smallest absolute Gasteiger partial charge is 0.271 e. The van der Waals surface area contributed by atoms with E-state index in [0.717, 1.165) is 24.2 Å². The number of thioether (sulfide) groups is 1. The Morgan fingerprint density at radius 3 is 2.97 bits per heavy atom. The number of benzene rings is 1. The van der Waals surface area contributed by atoms with Gasteiger partial charge < -0.3 is 9.88 Å². The summed E-state index contributed by atoms with van der Waals surface area (Å²) < 4.78 is 2.04. The van der Waals surface area contributed by atoms with Gasteiger partial charge in [-0.2, -0.15) is 0 Å². The number of nitrogens with one attached hydrogen (secondary N) is 1. The molecule has 1 aliphatic rings. The molecule has 1 aromatic carbocycles. The van der Waals surface area contributed by atoms with E-state index in [2.05, 4.69) is 20.9 Å². The molecule has 30 heavy (non-hydrogen) atoms. The average molecular weight is 444 g/mol. The second kappa shape index (κ2) is 8.97. The molecule has 1 N–H and O–H groups in total. The van der Waals surface area contributed by atoms with Crippen LogP contribution in [0.2, 0.25) is 0 Å². The number of carbonyl (C=O) groups is 1. The Labute approximate surface area is 181 Å². The van der Waals surface area contributed by atoms with E-state index in [1.807, 2.05) is 11.5 Å². The summed E-state index contributed by atoms with van der Waals surface area (Å²) in [6.45, 7) is 2.75. The number of rotatable bonds is 7. The van der Waals surface area contributed by atoms with Crippen LogP contribution in [0.15, 0.2) is 34.8 Å². The van der Waals surface area contributed by atoms with Gasteiger partial charge in [-0.1, -0.05) is 17.8 Å². The fourth-order valence-corrected chi connectivity index (χ4v) is 5.51. The molecule has 0 spiro atoms. The summed E-state index contributed by atoms with van der Waals surface area (Å²) in [7, 11) is 0. The number of aryl methyl sites for hydroxylation is 1. The van der Waals surface area contributed by atoms with Crippen LogP contribution in [0.4, 0.5) is 11.4 Å². The van der Waals surface area contributed by atoms with Crippen LogP contribution >= 0.6 is 23.1 Å². The lowest BCUT2D eigenvalue weighted by atomic mass is 9.96. The zero-order valence-electron chi connectivity index (χ0n) is 16.5. The predicted molar refractivity (Wildman–Crippen MR) is 118 cm³/mol. The van der Waals surface area contributed by atoms with Crippen molar-refractivity contribution in [3.8, 4) is 11.4 Å². The van der Waals surface area contributed by atoms with Crippen LogP contribution in [0.25, 0.3) is 11.4 Å². The number of carbonyl (C=O) groups excluding carboxylic acids is 1. The molecule has 0 unspecified atom stereocenters. The van der Waals surface area contributed by atoms with Gasteiger partial charge >= 0.3 is 0 Å². The van der Waals surface area contributed by atoms with Crippen molar-refractivity contribution in [2.45, 2.75) is 44.3 Å². The van der Waals surface area contributed by atoms with E-state index in [1.165, 1.54) is 47.2 Å². The molecule has 0 bridgehead atoms. The number of nitrogens with zero attached hydrogens (tertiary/aromatic N) is 4. The minimum atomic E-state index is -0.487. The van der Waals surface area contributed by atoms with E-state index in [9.17, 15) is 14.9 Å². The summed E-state index contributed by atoms with van der Waals surface area (Å²) in [5, 5.41) is 25.2. The van der Waals surface area contributed by atoms with Gasteiger partial charge in [0.05, 0.1) is 10.7 Å². The number of amides is 1. The van der Waals surface area contributed by atoms with Gasteiger partial charge in [-0.15, -0.1) is 21.5 Å². The maximum absolute atomic E-state index is 12.3. The van der Waals surface area contributed by atoms with Crippen molar-refractivity contribution in [2.75, 3.05) is 11.1 Å². The van der Waals surface area contributed by atoms with E-state index < -0.39 is 4.92 Å². The Hall–Kier alpha value is -2.72. The topological polar surface area (TPSA) is 103 Å². The number of fused-ring (bicyclic) bond motifs is 1. The normalized spacial score (nSPS) is 13.1. The predicted octanol–water partition coefficient (Wildman–Crippen LogP) is 4.54. The summed E-state index contributed by atoms with van der Waals surface area (Å²) in [4.78, 5) is 24.2. The van der Waals surface area contributed by atoms with Crippen molar-refractivity contribution in [1.29, 1.82) is 0 Å². The number of non-ortho nitro benzene ring substituents is 1. The van der Waals surface area contributed by atoms with Crippen molar-refractivity contribution in [3.05, 3.63) is 50.2 Å². The molecule has 2 aromatic heterocycles. The van der Waals surface area contributed by atoms with Gasteiger partial charge in [0.2, 0.25) is 5.91 Å². The van der Waals surface area contributed by atoms with Crippen molar-refractivity contribution in [3.63, 3.8) is 0 Å². The summed E-state index contributed by atoms with van der Waals surface area (Å²) >= 11 is 3.11. The van der Waals surface area contributed by atoms with Crippen LogP contribution in [0.1, 0.15) is 30.2 Å². The summed E-state index contributed by atoms with van der Waals surface area (Å²) in [6, 6.07) is 5.90. The highest BCUT2D eigenvalue weighted by molar-refractivity contribution is 7.99. The molecule has 0 fully saturated rings. The van der Waals surface area contributed by atoms with Crippen LogP contribution in [0.3, 0.4) is 0 Å². The van der Waals surface area contributed by atoms with Crippen LogP contribution in [0, 0.1) is 10.1 Å². The second-order valence-corrected chi connectivity index (χ2v) is 8.86. The quantitative estimate of drug-likeness (QED) is 0.327. The van der Waals surface area contributed by atoms with Crippen molar-refractivity contribution < 1.29 is 9.72 Å². The molecule has 0 atom stereocenters. The third kappa shape index (κ3) is 4.24. The average Bonchev–Trinajstić information content (AvgIpc) is 3.35. The minimum absolute atomic E-state index is 0.0603. The van der Waals surface area contributed by atoms with Crippen LogP contribution < -0.4 is 5.32 Å². The molecule has 156 valence electrons. The lowest BCUT2D eigenvalue weighted by Crippen LogP contribution is -2.14. The molecule has 0 saturated carbocycles. The number of hydrogen-bond donors (Lipinski definition) is 1. The number of nitro benzene ring substituents is 1. The van der Waals surface area contributed by atoms with Crippen LogP contribution in [-0.2, 0) is 24.2 Å². The first-order valence-electron chi connectivity index (χ1n) is 9.76. The van der Waals surface area contributed by atoms with E-state index in [-0.39, 0.29) is 17.3 Å². The van der Waals surface area contributed by atoms with E-state index in [1.54, 1.807) is 23.5 Å². The molecule has 3 aromatic rings. The van der Waals surface area contributed by atoms with Gasteiger partial charge in [-0.05, 0) is 44.2 Å². The molecular formula is C20H21N5O3S2. The first kappa shape index (κ1) is 20.5. The largest absolute Gasteiger partial charge is 0.325 e. The lowest BCUT2D eigenvalue weighted by Gasteiger charge is -2.13. The molecule has 2 heterocycles. The standard InChI is InChI=1S/C20H21N5O3S2/c1-2-24-19(16-11-29-17-9-4-3-8-15(16)17)22-23-20(24)30-12-18(26)21-13-6-5-7-14(10-13)25(27)28/h5-7,10-11H,2-4,8-9,12H2,1H3,(H,21,26). The highest BCUT2D eigenvalue weighted by Gasteiger charge is 2.22. The number of anilines is 1. The van der Waals surface area contributed by atoms with E-state index in [4.69, 9.17) is 0 Å². The minimum Gasteiger partial charge on any atom is -0.325 e. The van der Waals surface area contributed by atoms with Gasteiger partial charge in [-0.3, -0.25) is 14.9 Å². The number of nitro groups is 1. The number of aromatic nitrogens is 3. The van der Waals surface area contributed by atoms with Crippen LogP contribution in [0.5, 0.6) is 0 Å². The fourth-order valence-electron chi connectivity index (χ4n) is 3.59. The summed E-state index contributed by atoms with van der Waals surface area (Å²) in [5.74, 6) is 0.752. The zero-order valence-corrected chi connectivity index (χ0v) is 18.1. The van der Waals surface area contributed by atoms with Crippen molar-refractivity contribution in [2.24, 2.45) is 0 Å². The van der Waals surface area contributed by atoms with Crippen molar-refractivity contribution in [1.82, 2.24) is 14.8 Å². The monoisotopic (exact) mass is 443 g/mol. The molecule has 0 radical (unpaired) electrons. The van der Waals surface area contributed by atoms with E-state index in [0.29, 0.717) is 17.4 Å². The Morgan fingerprint density at radius 2 is 2.17 bits per heavy atom. The Balaban J connectivity index is 1.45. The molecule has 0 aliphatic heterocycles. The van der Waals surface area contributed by atoms with Gasteiger partial charge in [0, 0.05) is 40.2 Å². The third-order valence-corrected chi connectivity index (χ3v) is 7.06.